The molecule has 1 aromatic rings. The van der Waals surface area contributed by atoms with Crippen LogP contribution in [0.25, 0.3) is 0 Å². The molecule has 2 aliphatic rings. The number of nitrogens with zero attached hydrogens (tertiary/aromatic N) is 5. The molecule has 152 valence electrons. The lowest BCUT2D eigenvalue weighted by Gasteiger charge is -2.40. The summed E-state index contributed by atoms with van der Waals surface area (Å²) >= 11 is 0. The van der Waals surface area contributed by atoms with Gasteiger partial charge in [-0.15, -0.1) is 0 Å². The first-order valence-electron chi connectivity index (χ1n) is 9.60. The standard InChI is InChI=1S/C18H26N6O4/c1-13(18(26)23-5-3-2-4-6-23)21-7-9-22(10-8-21)17-15(16(19)25)11-14(12-20-17)24(27)28/h11-13H,2-10H2,1H3,(H2,19,25). The van der Waals surface area contributed by atoms with Gasteiger partial charge in [0.2, 0.25) is 5.91 Å². The number of anilines is 1. The Hall–Kier alpha value is -2.75. The highest BCUT2D eigenvalue weighted by molar-refractivity contribution is 5.98. The molecule has 10 nitrogen and oxygen atoms in total. The third-order valence-electron chi connectivity index (χ3n) is 5.52. The van der Waals surface area contributed by atoms with Crippen molar-refractivity contribution in [1.29, 1.82) is 0 Å². The van der Waals surface area contributed by atoms with Crippen LogP contribution in [0.4, 0.5) is 11.5 Å². The Balaban J connectivity index is 1.65. The Kier molecular flexibility index (Phi) is 6.08. The van der Waals surface area contributed by atoms with Gasteiger partial charge in [-0.05, 0) is 26.2 Å². The van der Waals surface area contributed by atoms with Gasteiger partial charge in [-0.2, -0.15) is 0 Å². The van der Waals surface area contributed by atoms with E-state index in [1.54, 1.807) is 0 Å². The molecular weight excluding hydrogens is 364 g/mol. The van der Waals surface area contributed by atoms with Crippen molar-refractivity contribution in [2.75, 3.05) is 44.2 Å². The molecule has 2 fully saturated rings. The topological polar surface area (TPSA) is 126 Å². The zero-order chi connectivity index (χ0) is 20.3. The van der Waals surface area contributed by atoms with E-state index in [1.807, 2.05) is 16.7 Å². The van der Waals surface area contributed by atoms with E-state index in [2.05, 4.69) is 9.88 Å². The molecule has 10 heteroatoms. The molecular formula is C18H26N6O4. The Morgan fingerprint density at radius 3 is 2.36 bits per heavy atom. The second-order valence-corrected chi connectivity index (χ2v) is 7.27. The summed E-state index contributed by atoms with van der Waals surface area (Å²) in [6.07, 6.45) is 4.44. The summed E-state index contributed by atoms with van der Waals surface area (Å²) in [4.78, 5) is 44.9. The van der Waals surface area contributed by atoms with Crippen LogP contribution in [0, 0.1) is 10.1 Å². The van der Waals surface area contributed by atoms with Crippen LogP contribution in [0.5, 0.6) is 0 Å². The maximum absolute atomic E-state index is 12.7. The van der Waals surface area contributed by atoms with Crippen LogP contribution in [-0.2, 0) is 4.79 Å². The van der Waals surface area contributed by atoms with Crippen LogP contribution < -0.4 is 10.6 Å². The fraction of sp³-hybridized carbons (Fsp3) is 0.611. The second kappa shape index (κ2) is 8.51. The number of aromatic nitrogens is 1. The number of rotatable bonds is 5. The number of nitrogens with two attached hydrogens (primary N) is 1. The number of piperidine rings is 1. The van der Waals surface area contributed by atoms with Crippen LogP contribution >= 0.6 is 0 Å². The number of hydrogen-bond donors (Lipinski definition) is 1. The monoisotopic (exact) mass is 390 g/mol. The lowest BCUT2D eigenvalue weighted by molar-refractivity contribution is -0.385. The highest BCUT2D eigenvalue weighted by Gasteiger charge is 2.31. The number of likely N-dealkylation sites (tertiary alicyclic amines) is 1. The van der Waals surface area contributed by atoms with Gasteiger partial charge >= 0.3 is 0 Å². The van der Waals surface area contributed by atoms with Crippen molar-refractivity contribution < 1.29 is 14.5 Å². The van der Waals surface area contributed by atoms with Crippen molar-refractivity contribution in [3.8, 4) is 0 Å². The lowest BCUT2D eigenvalue weighted by Crippen LogP contribution is -2.55. The number of primary amides is 1. The molecule has 1 aromatic heterocycles. The van der Waals surface area contributed by atoms with Gasteiger partial charge in [-0.25, -0.2) is 4.98 Å². The van der Waals surface area contributed by atoms with Crippen molar-refractivity contribution in [2.45, 2.75) is 32.2 Å². The van der Waals surface area contributed by atoms with Gasteiger partial charge in [0.1, 0.15) is 12.0 Å². The van der Waals surface area contributed by atoms with Gasteiger partial charge in [0, 0.05) is 45.3 Å². The van der Waals surface area contributed by atoms with E-state index in [0.29, 0.717) is 32.0 Å². The molecule has 2 saturated heterocycles. The molecule has 0 spiro atoms. The van der Waals surface area contributed by atoms with Crippen molar-refractivity contribution in [2.24, 2.45) is 5.73 Å². The summed E-state index contributed by atoms with van der Waals surface area (Å²) in [5, 5.41) is 10.9. The van der Waals surface area contributed by atoms with Gasteiger partial charge in [-0.1, -0.05) is 0 Å². The third-order valence-corrected chi connectivity index (χ3v) is 5.52. The van der Waals surface area contributed by atoms with Gasteiger partial charge in [-0.3, -0.25) is 24.6 Å². The van der Waals surface area contributed by atoms with E-state index in [4.69, 9.17) is 5.73 Å². The maximum Gasteiger partial charge on any atom is 0.288 e. The number of pyridine rings is 1. The number of piperazine rings is 1. The first-order valence-corrected chi connectivity index (χ1v) is 9.60. The minimum Gasteiger partial charge on any atom is -0.365 e. The summed E-state index contributed by atoms with van der Waals surface area (Å²) in [5.74, 6) is -0.227. The summed E-state index contributed by atoms with van der Waals surface area (Å²) in [5.41, 5.74) is 5.17. The fourth-order valence-electron chi connectivity index (χ4n) is 3.84. The van der Waals surface area contributed by atoms with Crippen molar-refractivity contribution in [1.82, 2.24) is 14.8 Å². The summed E-state index contributed by atoms with van der Waals surface area (Å²) in [6.45, 7) is 5.99. The van der Waals surface area contributed by atoms with Gasteiger partial charge in [0.15, 0.2) is 0 Å². The van der Waals surface area contributed by atoms with Crippen LogP contribution in [0.1, 0.15) is 36.5 Å². The summed E-state index contributed by atoms with van der Waals surface area (Å²) < 4.78 is 0. The highest BCUT2D eigenvalue weighted by atomic mass is 16.6. The SMILES string of the molecule is CC(C(=O)N1CCCCC1)N1CCN(c2ncc([N+](=O)[O-])cc2C(N)=O)CC1. The average Bonchev–Trinajstić information content (AvgIpc) is 2.73. The number of amides is 2. The number of nitro groups is 1. The third kappa shape index (κ3) is 4.22. The average molecular weight is 390 g/mol. The Morgan fingerprint density at radius 1 is 1.14 bits per heavy atom. The molecule has 0 aromatic carbocycles. The smallest absolute Gasteiger partial charge is 0.288 e. The molecule has 0 radical (unpaired) electrons. The minimum atomic E-state index is -0.748. The van der Waals surface area contributed by atoms with Crippen LogP contribution in [0.2, 0.25) is 0 Å². The maximum atomic E-state index is 12.7. The Bertz CT molecular complexity index is 756. The molecule has 1 unspecified atom stereocenters. The number of carbonyl (C=O) groups is 2. The van der Waals surface area contributed by atoms with Crippen molar-refractivity contribution in [3.05, 3.63) is 27.9 Å². The predicted molar refractivity (Wildman–Crippen MR) is 103 cm³/mol. The molecule has 2 aliphatic heterocycles. The predicted octanol–water partition coefficient (Wildman–Crippen LogP) is 0.612. The second-order valence-electron chi connectivity index (χ2n) is 7.27. The van der Waals surface area contributed by atoms with Gasteiger partial charge in [0.05, 0.1) is 16.5 Å². The van der Waals surface area contributed by atoms with Crippen LogP contribution in [0.3, 0.4) is 0 Å². The van der Waals surface area contributed by atoms with E-state index in [9.17, 15) is 19.7 Å². The zero-order valence-corrected chi connectivity index (χ0v) is 16.0. The quantitative estimate of drug-likeness (QED) is 0.576. The van der Waals surface area contributed by atoms with Crippen LogP contribution in [0.15, 0.2) is 12.3 Å². The van der Waals surface area contributed by atoms with E-state index < -0.39 is 10.8 Å². The Morgan fingerprint density at radius 2 is 1.79 bits per heavy atom. The molecule has 2 N–H and O–H groups in total. The zero-order valence-electron chi connectivity index (χ0n) is 16.0. The normalized spacial score (nSPS) is 19.3. The van der Waals surface area contributed by atoms with Crippen LogP contribution in [-0.4, -0.2) is 76.8 Å². The van der Waals surface area contributed by atoms with Gasteiger partial charge < -0.3 is 15.5 Å². The van der Waals surface area contributed by atoms with Crippen molar-refractivity contribution in [3.63, 3.8) is 0 Å². The summed E-state index contributed by atoms with van der Waals surface area (Å²) in [7, 11) is 0. The molecule has 3 heterocycles. The van der Waals surface area contributed by atoms with E-state index in [-0.39, 0.29) is 23.2 Å². The minimum absolute atomic E-state index is 0.0418. The first kappa shape index (κ1) is 20.0. The van der Waals surface area contributed by atoms with Gasteiger partial charge in [0.25, 0.3) is 11.6 Å². The molecule has 0 aliphatic carbocycles. The molecule has 2 amide bonds. The molecule has 0 saturated carbocycles. The number of hydrogen-bond acceptors (Lipinski definition) is 7. The van der Waals surface area contributed by atoms with E-state index >= 15 is 0 Å². The Labute approximate surface area is 163 Å². The van der Waals surface area contributed by atoms with Crippen molar-refractivity contribution >= 4 is 23.3 Å². The molecule has 28 heavy (non-hydrogen) atoms. The van der Waals surface area contributed by atoms with E-state index in [1.165, 1.54) is 12.5 Å². The molecule has 0 bridgehead atoms. The van der Waals surface area contributed by atoms with E-state index in [0.717, 1.165) is 32.1 Å². The fourth-order valence-corrected chi connectivity index (χ4v) is 3.84. The first-order chi connectivity index (χ1) is 13.4. The summed E-state index contributed by atoms with van der Waals surface area (Å²) in [6, 6.07) is 0.972. The molecule has 1 atom stereocenters. The molecule has 3 rings (SSSR count). The lowest BCUT2D eigenvalue weighted by atomic mass is 10.1. The highest BCUT2D eigenvalue weighted by Crippen LogP contribution is 2.24. The largest absolute Gasteiger partial charge is 0.365 e. The number of carbonyl (C=O) groups excluding carboxylic acids is 2.